The lowest BCUT2D eigenvalue weighted by Crippen LogP contribution is -2.35. The Morgan fingerprint density at radius 3 is 2.73 bits per heavy atom. The highest BCUT2D eigenvalue weighted by Gasteiger charge is 2.17. The van der Waals surface area contributed by atoms with Crippen molar-refractivity contribution in [2.45, 2.75) is 53.1 Å². The van der Waals surface area contributed by atoms with E-state index in [0.29, 0.717) is 18.2 Å². The number of rotatable bonds is 7. The van der Waals surface area contributed by atoms with Crippen LogP contribution in [0.15, 0.2) is 22.9 Å². The number of nitrogens with zero attached hydrogens (tertiary/aromatic N) is 2. The first-order valence-corrected chi connectivity index (χ1v) is 8.82. The van der Waals surface area contributed by atoms with E-state index in [1.165, 1.54) is 5.56 Å². The average molecular weight is 319 g/mol. The second kappa shape index (κ2) is 7.58. The molecule has 2 aromatic heterocycles. The maximum absolute atomic E-state index is 12.5. The summed E-state index contributed by atoms with van der Waals surface area (Å²) in [5, 5.41) is 11.8. The summed E-state index contributed by atoms with van der Waals surface area (Å²) >= 11 is 1.69. The summed E-state index contributed by atoms with van der Waals surface area (Å²) in [6.07, 6.45) is 1.76. The Labute approximate surface area is 136 Å². The zero-order chi connectivity index (χ0) is 16.1. The SMILES string of the molecule is CCn1nc(CC(C)C)cc1C(=O)N[C@H](C)Cc1ccsc1. The molecule has 0 unspecified atom stereocenters. The summed E-state index contributed by atoms with van der Waals surface area (Å²) in [5.41, 5.74) is 2.92. The number of hydrogen-bond acceptors (Lipinski definition) is 3. The zero-order valence-electron chi connectivity index (χ0n) is 13.8. The van der Waals surface area contributed by atoms with Gasteiger partial charge in [-0.2, -0.15) is 16.4 Å². The third-order valence-corrected chi connectivity index (χ3v) is 4.21. The zero-order valence-corrected chi connectivity index (χ0v) is 14.6. The van der Waals surface area contributed by atoms with E-state index >= 15 is 0 Å². The Hall–Kier alpha value is -1.62. The predicted molar refractivity (Wildman–Crippen MR) is 91.4 cm³/mol. The second-order valence-corrected chi connectivity index (χ2v) is 6.92. The van der Waals surface area contributed by atoms with Crippen molar-refractivity contribution < 1.29 is 4.79 Å². The van der Waals surface area contributed by atoms with Crippen LogP contribution in [0.4, 0.5) is 0 Å². The quantitative estimate of drug-likeness (QED) is 0.848. The third kappa shape index (κ3) is 4.44. The summed E-state index contributed by atoms with van der Waals surface area (Å²) in [5.74, 6) is 0.501. The molecule has 0 aliphatic heterocycles. The highest BCUT2D eigenvalue weighted by atomic mass is 32.1. The monoisotopic (exact) mass is 319 g/mol. The topological polar surface area (TPSA) is 46.9 Å². The molecule has 2 rings (SSSR count). The van der Waals surface area contributed by atoms with Gasteiger partial charge in [-0.05, 0) is 61.1 Å². The molecule has 0 aliphatic rings. The van der Waals surface area contributed by atoms with E-state index in [1.54, 1.807) is 16.0 Å². The van der Waals surface area contributed by atoms with E-state index in [2.05, 4.69) is 41.1 Å². The summed E-state index contributed by atoms with van der Waals surface area (Å²) < 4.78 is 1.80. The third-order valence-electron chi connectivity index (χ3n) is 3.48. The molecule has 0 saturated heterocycles. The number of nitrogens with one attached hydrogen (secondary N) is 1. The Morgan fingerprint density at radius 2 is 2.14 bits per heavy atom. The van der Waals surface area contributed by atoms with Crippen LogP contribution in [0.1, 0.15) is 49.4 Å². The van der Waals surface area contributed by atoms with Gasteiger partial charge in [0.05, 0.1) is 5.69 Å². The number of hydrogen-bond donors (Lipinski definition) is 1. The smallest absolute Gasteiger partial charge is 0.269 e. The van der Waals surface area contributed by atoms with Gasteiger partial charge in [0, 0.05) is 12.6 Å². The maximum Gasteiger partial charge on any atom is 0.269 e. The predicted octanol–water partition coefficient (Wildman–Crippen LogP) is 3.52. The van der Waals surface area contributed by atoms with Crippen LogP contribution in [-0.2, 0) is 19.4 Å². The highest BCUT2D eigenvalue weighted by molar-refractivity contribution is 7.07. The fourth-order valence-electron chi connectivity index (χ4n) is 2.52. The molecule has 5 heteroatoms. The van der Waals surface area contributed by atoms with E-state index in [-0.39, 0.29) is 11.9 Å². The van der Waals surface area contributed by atoms with Crippen LogP contribution in [0.25, 0.3) is 0 Å². The first-order valence-electron chi connectivity index (χ1n) is 7.88. The van der Waals surface area contributed by atoms with Crippen LogP contribution in [0.3, 0.4) is 0 Å². The Balaban J connectivity index is 2.03. The standard InChI is InChI=1S/C17H25N3OS/c1-5-20-16(10-15(19-20)8-12(2)3)17(21)18-13(4)9-14-6-7-22-11-14/h6-7,10-13H,5,8-9H2,1-4H3,(H,18,21)/t13-/m1/s1. The van der Waals surface area contributed by atoms with Crippen molar-refractivity contribution in [1.82, 2.24) is 15.1 Å². The molecule has 0 saturated carbocycles. The van der Waals surface area contributed by atoms with Crippen molar-refractivity contribution in [2.75, 3.05) is 0 Å². The Kier molecular flexibility index (Phi) is 5.77. The normalized spacial score (nSPS) is 12.6. The number of thiophene rings is 1. The average Bonchev–Trinajstić information content (AvgIpc) is 3.07. The molecule has 0 aliphatic carbocycles. The van der Waals surface area contributed by atoms with E-state index in [1.807, 2.05) is 19.9 Å². The lowest BCUT2D eigenvalue weighted by molar-refractivity contribution is 0.0929. The van der Waals surface area contributed by atoms with E-state index < -0.39 is 0 Å². The van der Waals surface area contributed by atoms with E-state index in [4.69, 9.17) is 0 Å². The van der Waals surface area contributed by atoms with Crippen molar-refractivity contribution in [3.63, 3.8) is 0 Å². The van der Waals surface area contributed by atoms with Gasteiger partial charge in [0.15, 0.2) is 0 Å². The Bertz CT molecular complexity index is 601. The Morgan fingerprint density at radius 1 is 1.36 bits per heavy atom. The van der Waals surface area contributed by atoms with Crippen molar-refractivity contribution >= 4 is 17.2 Å². The van der Waals surface area contributed by atoms with E-state index in [9.17, 15) is 4.79 Å². The summed E-state index contributed by atoms with van der Waals surface area (Å²) in [6.45, 7) is 9.08. The molecule has 4 nitrogen and oxygen atoms in total. The first-order chi connectivity index (χ1) is 10.5. The number of carbonyl (C=O) groups excluding carboxylic acids is 1. The molecule has 1 N–H and O–H groups in total. The summed E-state index contributed by atoms with van der Waals surface area (Å²) in [4.78, 5) is 12.5. The van der Waals surface area contributed by atoms with Gasteiger partial charge >= 0.3 is 0 Å². The van der Waals surface area contributed by atoms with Gasteiger partial charge in [-0.3, -0.25) is 9.48 Å². The molecule has 0 radical (unpaired) electrons. The van der Waals surface area contributed by atoms with Crippen LogP contribution >= 0.6 is 11.3 Å². The number of aromatic nitrogens is 2. The largest absolute Gasteiger partial charge is 0.348 e. The fraction of sp³-hybridized carbons (Fsp3) is 0.529. The van der Waals surface area contributed by atoms with Crippen LogP contribution in [0, 0.1) is 5.92 Å². The molecule has 1 atom stereocenters. The van der Waals surface area contributed by atoms with Gasteiger partial charge in [-0.1, -0.05) is 13.8 Å². The minimum Gasteiger partial charge on any atom is -0.348 e. The number of carbonyl (C=O) groups is 1. The van der Waals surface area contributed by atoms with Gasteiger partial charge in [0.25, 0.3) is 5.91 Å². The van der Waals surface area contributed by atoms with Crippen molar-refractivity contribution in [2.24, 2.45) is 5.92 Å². The lowest BCUT2D eigenvalue weighted by atomic mass is 10.1. The highest BCUT2D eigenvalue weighted by Crippen LogP contribution is 2.12. The molecular formula is C17H25N3OS. The molecule has 0 aromatic carbocycles. The molecule has 120 valence electrons. The molecule has 0 fully saturated rings. The lowest BCUT2D eigenvalue weighted by Gasteiger charge is -2.13. The molecule has 0 bridgehead atoms. The van der Waals surface area contributed by atoms with Crippen molar-refractivity contribution in [3.05, 3.63) is 39.8 Å². The van der Waals surface area contributed by atoms with Gasteiger partial charge in [-0.15, -0.1) is 0 Å². The maximum atomic E-state index is 12.5. The van der Waals surface area contributed by atoms with Gasteiger partial charge in [0.1, 0.15) is 5.69 Å². The number of aryl methyl sites for hydroxylation is 1. The molecule has 22 heavy (non-hydrogen) atoms. The van der Waals surface area contributed by atoms with Crippen molar-refractivity contribution in [3.8, 4) is 0 Å². The van der Waals surface area contributed by atoms with Gasteiger partial charge in [-0.25, -0.2) is 0 Å². The minimum absolute atomic E-state index is 0.0351. The van der Waals surface area contributed by atoms with Crippen LogP contribution in [0.5, 0.6) is 0 Å². The molecule has 1 amide bonds. The number of amides is 1. The molecule has 2 heterocycles. The van der Waals surface area contributed by atoms with Gasteiger partial charge in [0.2, 0.25) is 0 Å². The fourth-order valence-corrected chi connectivity index (χ4v) is 3.20. The molecular weight excluding hydrogens is 294 g/mol. The van der Waals surface area contributed by atoms with Crippen LogP contribution < -0.4 is 5.32 Å². The second-order valence-electron chi connectivity index (χ2n) is 6.14. The van der Waals surface area contributed by atoms with Crippen molar-refractivity contribution in [1.29, 1.82) is 0 Å². The molecule has 2 aromatic rings. The summed E-state index contributed by atoms with van der Waals surface area (Å²) in [7, 11) is 0. The summed E-state index contributed by atoms with van der Waals surface area (Å²) in [6, 6.07) is 4.14. The molecule has 0 spiro atoms. The van der Waals surface area contributed by atoms with Crippen LogP contribution in [-0.4, -0.2) is 21.7 Å². The van der Waals surface area contributed by atoms with Gasteiger partial charge < -0.3 is 5.32 Å². The van der Waals surface area contributed by atoms with Crippen LogP contribution in [0.2, 0.25) is 0 Å². The first kappa shape index (κ1) is 16.7. The van der Waals surface area contributed by atoms with E-state index in [0.717, 1.165) is 18.5 Å². The minimum atomic E-state index is -0.0351.